The number of hydrogen-bond donors (Lipinski definition) is 3. The summed E-state index contributed by atoms with van der Waals surface area (Å²) in [5.74, 6) is -0.923. The fourth-order valence-corrected chi connectivity index (χ4v) is 2.90. The SMILES string of the molecule is O=C(CSc1nc2ccccc2c(=O)[nH]1)NNC(=O)c1ccc(Cl)cc1. The average molecular weight is 389 g/mol. The second-order valence-electron chi connectivity index (χ2n) is 5.19. The monoisotopic (exact) mass is 388 g/mol. The van der Waals surface area contributed by atoms with Crippen LogP contribution in [0.3, 0.4) is 0 Å². The Morgan fingerprint density at radius 2 is 1.81 bits per heavy atom. The molecule has 0 saturated carbocycles. The average Bonchev–Trinajstić information content (AvgIpc) is 2.65. The van der Waals surface area contributed by atoms with Crippen molar-refractivity contribution in [3.63, 3.8) is 0 Å². The van der Waals surface area contributed by atoms with Crippen molar-refractivity contribution in [1.29, 1.82) is 0 Å². The number of aromatic nitrogens is 2. The molecule has 0 aliphatic rings. The first-order valence-corrected chi connectivity index (χ1v) is 8.86. The lowest BCUT2D eigenvalue weighted by atomic mass is 10.2. The fourth-order valence-electron chi connectivity index (χ4n) is 2.10. The number of amides is 2. The number of fused-ring (bicyclic) bond motifs is 1. The Hall–Kier alpha value is -2.84. The number of carbonyl (C=O) groups is 2. The van der Waals surface area contributed by atoms with Gasteiger partial charge >= 0.3 is 0 Å². The van der Waals surface area contributed by atoms with Crippen molar-refractivity contribution in [2.24, 2.45) is 0 Å². The zero-order chi connectivity index (χ0) is 18.5. The Kier molecular flexibility index (Phi) is 5.55. The third-order valence-corrected chi connectivity index (χ3v) is 4.48. The van der Waals surface area contributed by atoms with Crippen LogP contribution >= 0.6 is 23.4 Å². The molecule has 2 amide bonds. The summed E-state index contributed by atoms with van der Waals surface area (Å²) in [6.07, 6.45) is 0. The minimum absolute atomic E-state index is 0.0256. The van der Waals surface area contributed by atoms with E-state index in [1.165, 1.54) is 0 Å². The summed E-state index contributed by atoms with van der Waals surface area (Å²) < 4.78 is 0. The van der Waals surface area contributed by atoms with E-state index in [0.29, 0.717) is 26.6 Å². The Labute approximate surface area is 157 Å². The molecule has 0 aliphatic carbocycles. The number of nitrogens with zero attached hydrogens (tertiary/aromatic N) is 1. The van der Waals surface area contributed by atoms with Gasteiger partial charge in [-0.25, -0.2) is 4.98 Å². The topological polar surface area (TPSA) is 104 Å². The second kappa shape index (κ2) is 8.03. The molecule has 0 unspecified atom stereocenters. The molecule has 0 bridgehead atoms. The largest absolute Gasteiger partial charge is 0.301 e. The number of thioether (sulfide) groups is 1. The van der Waals surface area contributed by atoms with Crippen LogP contribution in [-0.4, -0.2) is 27.5 Å². The van der Waals surface area contributed by atoms with Crippen LogP contribution in [0.1, 0.15) is 10.4 Å². The number of H-pyrrole nitrogens is 1. The molecular weight excluding hydrogens is 376 g/mol. The lowest BCUT2D eigenvalue weighted by molar-refractivity contribution is -0.119. The predicted molar refractivity (Wildman–Crippen MR) is 100 cm³/mol. The van der Waals surface area contributed by atoms with Gasteiger partial charge in [-0.15, -0.1) is 0 Å². The van der Waals surface area contributed by atoms with Crippen LogP contribution in [0.2, 0.25) is 5.02 Å². The molecule has 9 heteroatoms. The first kappa shape index (κ1) is 18.0. The van der Waals surface area contributed by atoms with E-state index in [0.717, 1.165) is 11.8 Å². The minimum Gasteiger partial charge on any atom is -0.301 e. The molecule has 26 heavy (non-hydrogen) atoms. The maximum Gasteiger partial charge on any atom is 0.269 e. The Morgan fingerprint density at radius 1 is 1.08 bits per heavy atom. The van der Waals surface area contributed by atoms with Gasteiger partial charge in [0.25, 0.3) is 11.5 Å². The molecular formula is C17H13ClN4O3S. The summed E-state index contributed by atoms with van der Waals surface area (Å²) in [6, 6.07) is 13.2. The summed E-state index contributed by atoms with van der Waals surface area (Å²) in [5.41, 5.74) is 5.26. The van der Waals surface area contributed by atoms with Crippen LogP contribution in [0.5, 0.6) is 0 Å². The minimum atomic E-state index is -0.461. The van der Waals surface area contributed by atoms with Gasteiger partial charge in [0.05, 0.1) is 16.7 Å². The zero-order valence-corrected chi connectivity index (χ0v) is 14.9. The van der Waals surface area contributed by atoms with Gasteiger partial charge in [-0.05, 0) is 36.4 Å². The smallest absolute Gasteiger partial charge is 0.269 e. The van der Waals surface area contributed by atoms with Crippen LogP contribution in [0.15, 0.2) is 58.5 Å². The van der Waals surface area contributed by atoms with E-state index >= 15 is 0 Å². The van der Waals surface area contributed by atoms with Crippen molar-refractivity contribution in [2.45, 2.75) is 5.16 Å². The number of halogens is 1. The van der Waals surface area contributed by atoms with E-state index in [1.54, 1.807) is 48.5 Å². The van der Waals surface area contributed by atoms with Gasteiger partial charge in [0, 0.05) is 10.6 Å². The van der Waals surface area contributed by atoms with E-state index < -0.39 is 11.8 Å². The highest BCUT2D eigenvalue weighted by molar-refractivity contribution is 7.99. The third-order valence-electron chi connectivity index (χ3n) is 3.35. The summed E-state index contributed by atoms with van der Waals surface area (Å²) in [6.45, 7) is 0. The summed E-state index contributed by atoms with van der Waals surface area (Å²) in [5, 5.41) is 1.32. The molecule has 3 rings (SSSR count). The molecule has 1 aromatic heterocycles. The number of benzene rings is 2. The van der Waals surface area contributed by atoms with Crippen molar-refractivity contribution in [3.05, 3.63) is 69.5 Å². The summed E-state index contributed by atoms with van der Waals surface area (Å²) in [4.78, 5) is 42.6. The van der Waals surface area contributed by atoms with Crippen LogP contribution in [0, 0.1) is 0 Å². The molecule has 1 heterocycles. The highest BCUT2D eigenvalue weighted by atomic mass is 35.5. The number of hydrogen-bond acceptors (Lipinski definition) is 5. The zero-order valence-electron chi connectivity index (χ0n) is 13.3. The van der Waals surface area contributed by atoms with Crippen LogP contribution in [0.4, 0.5) is 0 Å². The van der Waals surface area contributed by atoms with Gasteiger partial charge in [0.1, 0.15) is 0 Å². The lowest BCUT2D eigenvalue weighted by Gasteiger charge is -2.07. The maximum absolute atomic E-state index is 12.0. The number of aromatic amines is 1. The molecule has 0 spiro atoms. The van der Waals surface area contributed by atoms with Gasteiger partial charge in [0.15, 0.2) is 5.16 Å². The molecule has 7 nitrogen and oxygen atoms in total. The molecule has 3 N–H and O–H groups in total. The standard InChI is InChI=1S/C17H13ClN4O3S/c18-11-7-5-10(6-8-11)15(24)22-21-14(23)9-26-17-19-13-4-2-1-3-12(13)16(25)20-17/h1-8H,9H2,(H,21,23)(H,22,24)(H,19,20,25). The first-order valence-electron chi connectivity index (χ1n) is 7.49. The van der Waals surface area contributed by atoms with Crippen molar-refractivity contribution < 1.29 is 9.59 Å². The van der Waals surface area contributed by atoms with Gasteiger partial charge in [-0.1, -0.05) is 35.5 Å². The number of para-hydroxylation sites is 1. The molecule has 0 radical (unpaired) electrons. The van der Waals surface area contributed by atoms with Crippen LogP contribution < -0.4 is 16.4 Å². The van der Waals surface area contributed by atoms with E-state index in [1.807, 2.05) is 0 Å². The predicted octanol–water partition coefficient (Wildman–Crippen LogP) is 2.13. The number of carbonyl (C=O) groups excluding carboxylic acids is 2. The van der Waals surface area contributed by atoms with Crippen LogP contribution in [0.25, 0.3) is 10.9 Å². The van der Waals surface area contributed by atoms with Gasteiger partial charge in [0.2, 0.25) is 5.91 Å². The van der Waals surface area contributed by atoms with Crippen molar-refractivity contribution in [3.8, 4) is 0 Å². The Balaban J connectivity index is 1.55. The summed E-state index contributed by atoms with van der Waals surface area (Å²) >= 11 is 6.81. The Bertz CT molecular complexity index is 1020. The normalized spacial score (nSPS) is 10.5. The molecule has 3 aromatic rings. The summed E-state index contributed by atoms with van der Waals surface area (Å²) in [7, 11) is 0. The van der Waals surface area contributed by atoms with Crippen molar-refractivity contribution in [1.82, 2.24) is 20.8 Å². The van der Waals surface area contributed by atoms with E-state index in [4.69, 9.17) is 11.6 Å². The number of hydrazine groups is 1. The van der Waals surface area contributed by atoms with E-state index in [2.05, 4.69) is 20.8 Å². The molecule has 0 saturated heterocycles. The fraction of sp³-hybridized carbons (Fsp3) is 0.0588. The lowest BCUT2D eigenvalue weighted by Crippen LogP contribution is -2.42. The molecule has 0 aliphatic heterocycles. The van der Waals surface area contributed by atoms with Crippen LogP contribution in [-0.2, 0) is 4.79 Å². The van der Waals surface area contributed by atoms with Gasteiger partial charge in [-0.3, -0.25) is 25.2 Å². The highest BCUT2D eigenvalue weighted by Crippen LogP contribution is 2.14. The maximum atomic E-state index is 12.0. The molecule has 132 valence electrons. The van der Waals surface area contributed by atoms with Gasteiger partial charge < -0.3 is 4.98 Å². The second-order valence-corrected chi connectivity index (χ2v) is 6.59. The highest BCUT2D eigenvalue weighted by Gasteiger charge is 2.09. The third kappa shape index (κ3) is 4.41. The molecule has 2 aromatic carbocycles. The number of rotatable bonds is 4. The van der Waals surface area contributed by atoms with Crippen molar-refractivity contribution in [2.75, 3.05) is 5.75 Å². The molecule has 0 fully saturated rings. The Morgan fingerprint density at radius 3 is 2.58 bits per heavy atom. The van der Waals surface area contributed by atoms with E-state index in [-0.39, 0.29) is 11.3 Å². The van der Waals surface area contributed by atoms with Gasteiger partial charge in [-0.2, -0.15) is 0 Å². The molecule has 0 atom stereocenters. The first-order chi connectivity index (χ1) is 12.5. The number of nitrogens with one attached hydrogen (secondary N) is 3. The van der Waals surface area contributed by atoms with E-state index in [9.17, 15) is 14.4 Å². The quantitative estimate of drug-likeness (QED) is 0.361. The van der Waals surface area contributed by atoms with Crippen molar-refractivity contribution >= 4 is 46.1 Å².